The lowest BCUT2D eigenvalue weighted by Crippen LogP contribution is -2.39. The zero-order chi connectivity index (χ0) is 10.8. The van der Waals surface area contributed by atoms with Crippen molar-refractivity contribution in [2.75, 3.05) is 18.1 Å². The molecule has 1 saturated heterocycles. The third kappa shape index (κ3) is 3.55. The summed E-state index contributed by atoms with van der Waals surface area (Å²) >= 11 is 0. The van der Waals surface area contributed by atoms with Crippen molar-refractivity contribution in [3.05, 3.63) is 0 Å². The minimum absolute atomic E-state index is 0.0757. The van der Waals surface area contributed by atoms with Crippen molar-refractivity contribution < 1.29 is 13.5 Å². The molecule has 0 aromatic carbocycles. The van der Waals surface area contributed by atoms with E-state index in [0.717, 1.165) is 13.0 Å². The van der Waals surface area contributed by atoms with Gasteiger partial charge >= 0.3 is 0 Å². The Morgan fingerprint density at radius 2 is 2.07 bits per heavy atom. The molecule has 0 saturated carbocycles. The van der Waals surface area contributed by atoms with E-state index in [4.69, 9.17) is 0 Å². The van der Waals surface area contributed by atoms with Gasteiger partial charge in [-0.05, 0) is 18.9 Å². The fraction of sp³-hybridized carbons (Fsp3) is 1.00. The van der Waals surface area contributed by atoms with Gasteiger partial charge in [0, 0.05) is 6.04 Å². The second-order valence-electron chi connectivity index (χ2n) is 4.39. The highest BCUT2D eigenvalue weighted by atomic mass is 32.2. The van der Waals surface area contributed by atoms with Crippen molar-refractivity contribution in [2.24, 2.45) is 5.92 Å². The molecular formula is C9H19NO3S. The summed E-state index contributed by atoms with van der Waals surface area (Å²) in [7, 11) is -3.01. The molecule has 0 bridgehead atoms. The Balaban J connectivity index is 2.33. The molecule has 14 heavy (non-hydrogen) atoms. The summed E-state index contributed by atoms with van der Waals surface area (Å²) in [6.07, 6.45) is 0.274. The van der Waals surface area contributed by atoms with Gasteiger partial charge in [0.05, 0.1) is 17.6 Å². The summed E-state index contributed by atoms with van der Waals surface area (Å²) in [5.74, 6) is 0.580. The van der Waals surface area contributed by atoms with Crippen molar-refractivity contribution in [2.45, 2.75) is 32.4 Å². The topological polar surface area (TPSA) is 66.4 Å². The Morgan fingerprint density at radius 1 is 1.43 bits per heavy atom. The standard InChI is InChI=1S/C9H19NO3S/c1-7(2)3-4-10-8-5-14(12,13)6-9(8)11/h7-11H,3-6H2,1-2H3/t8-,9+/m0/s1. The first-order valence-electron chi connectivity index (χ1n) is 5.02. The molecule has 0 aliphatic carbocycles. The molecule has 0 radical (unpaired) electrons. The maximum Gasteiger partial charge on any atom is 0.154 e. The number of aliphatic hydroxyl groups excluding tert-OH is 1. The summed E-state index contributed by atoms with van der Waals surface area (Å²) in [5, 5.41) is 12.5. The van der Waals surface area contributed by atoms with E-state index in [-0.39, 0.29) is 17.5 Å². The van der Waals surface area contributed by atoms with Gasteiger partial charge in [0.2, 0.25) is 0 Å². The van der Waals surface area contributed by atoms with E-state index in [1.54, 1.807) is 0 Å². The van der Waals surface area contributed by atoms with Crippen molar-refractivity contribution in [1.82, 2.24) is 5.32 Å². The van der Waals surface area contributed by atoms with E-state index in [1.807, 2.05) is 0 Å². The smallest absolute Gasteiger partial charge is 0.154 e. The van der Waals surface area contributed by atoms with Gasteiger partial charge in [-0.15, -0.1) is 0 Å². The van der Waals surface area contributed by atoms with E-state index in [9.17, 15) is 13.5 Å². The van der Waals surface area contributed by atoms with Crippen LogP contribution in [0, 0.1) is 5.92 Å². The predicted molar refractivity (Wildman–Crippen MR) is 55.9 cm³/mol. The van der Waals surface area contributed by atoms with Gasteiger partial charge in [0.1, 0.15) is 0 Å². The minimum atomic E-state index is -3.01. The van der Waals surface area contributed by atoms with Gasteiger partial charge in [0.25, 0.3) is 0 Å². The lowest BCUT2D eigenvalue weighted by atomic mass is 10.1. The van der Waals surface area contributed by atoms with Crippen LogP contribution < -0.4 is 5.32 Å². The molecule has 84 valence electrons. The quantitative estimate of drug-likeness (QED) is 0.689. The third-order valence-electron chi connectivity index (χ3n) is 2.45. The number of hydrogen-bond donors (Lipinski definition) is 2. The van der Waals surface area contributed by atoms with E-state index in [0.29, 0.717) is 5.92 Å². The molecule has 1 aliphatic rings. The summed E-state index contributed by atoms with van der Waals surface area (Å²) < 4.78 is 22.3. The number of sulfone groups is 1. The van der Waals surface area contributed by atoms with Crippen molar-refractivity contribution in [1.29, 1.82) is 0 Å². The third-order valence-corrected chi connectivity index (χ3v) is 4.17. The van der Waals surface area contributed by atoms with Crippen molar-refractivity contribution >= 4 is 9.84 Å². The molecule has 0 unspecified atom stereocenters. The van der Waals surface area contributed by atoms with Gasteiger partial charge in [0.15, 0.2) is 9.84 Å². The van der Waals surface area contributed by atoms with E-state index < -0.39 is 15.9 Å². The molecule has 1 rings (SSSR count). The fourth-order valence-corrected chi connectivity index (χ4v) is 3.36. The Labute approximate surface area is 85.6 Å². The van der Waals surface area contributed by atoms with Gasteiger partial charge in [-0.1, -0.05) is 13.8 Å². The normalized spacial score (nSPS) is 31.1. The predicted octanol–water partition coefficient (Wildman–Crippen LogP) is -0.220. The average molecular weight is 221 g/mol. The van der Waals surface area contributed by atoms with E-state index >= 15 is 0 Å². The second-order valence-corrected chi connectivity index (χ2v) is 6.54. The first-order chi connectivity index (χ1) is 6.41. The Bertz CT molecular complexity index is 274. The maximum atomic E-state index is 11.1. The summed E-state index contributed by atoms with van der Waals surface area (Å²) in [6.45, 7) is 5.00. The van der Waals surface area contributed by atoms with Crippen LogP contribution in [-0.2, 0) is 9.84 Å². The van der Waals surface area contributed by atoms with Crippen LogP contribution in [0.25, 0.3) is 0 Å². The summed E-state index contributed by atoms with van der Waals surface area (Å²) in [4.78, 5) is 0. The molecule has 0 aromatic rings. The SMILES string of the molecule is CC(C)CCN[C@H]1CS(=O)(=O)C[C@H]1O. The van der Waals surface area contributed by atoms with E-state index in [2.05, 4.69) is 19.2 Å². The molecule has 4 nitrogen and oxygen atoms in total. The van der Waals surface area contributed by atoms with Gasteiger partial charge in [-0.3, -0.25) is 0 Å². The lowest BCUT2D eigenvalue weighted by molar-refractivity contribution is 0.165. The highest BCUT2D eigenvalue weighted by Gasteiger charge is 2.35. The number of aliphatic hydroxyl groups is 1. The zero-order valence-corrected chi connectivity index (χ0v) is 9.55. The molecule has 1 aliphatic heterocycles. The second kappa shape index (κ2) is 4.59. The number of hydrogen-bond acceptors (Lipinski definition) is 4. The van der Waals surface area contributed by atoms with E-state index in [1.165, 1.54) is 0 Å². The Morgan fingerprint density at radius 3 is 2.50 bits per heavy atom. The molecular weight excluding hydrogens is 202 g/mol. The Kier molecular flexibility index (Phi) is 3.92. The van der Waals surface area contributed by atoms with Crippen LogP contribution in [0.15, 0.2) is 0 Å². The van der Waals surface area contributed by atoms with Crippen LogP contribution in [0.3, 0.4) is 0 Å². The summed E-state index contributed by atoms with van der Waals surface area (Å²) in [5.41, 5.74) is 0. The molecule has 0 spiro atoms. The zero-order valence-electron chi connectivity index (χ0n) is 8.73. The van der Waals surface area contributed by atoms with Gasteiger partial charge < -0.3 is 10.4 Å². The molecule has 1 fully saturated rings. The number of rotatable bonds is 4. The molecule has 1 heterocycles. The molecule has 2 N–H and O–H groups in total. The van der Waals surface area contributed by atoms with Crippen molar-refractivity contribution in [3.63, 3.8) is 0 Å². The molecule has 0 amide bonds. The largest absolute Gasteiger partial charge is 0.390 e. The van der Waals surface area contributed by atoms with Crippen LogP contribution in [0.5, 0.6) is 0 Å². The molecule has 2 atom stereocenters. The highest BCUT2D eigenvalue weighted by molar-refractivity contribution is 7.91. The minimum Gasteiger partial charge on any atom is -0.390 e. The first-order valence-corrected chi connectivity index (χ1v) is 6.85. The average Bonchev–Trinajstić information content (AvgIpc) is 2.24. The van der Waals surface area contributed by atoms with Crippen molar-refractivity contribution in [3.8, 4) is 0 Å². The molecule has 0 aromatic heterocycles. The maximum absolute atomic E-state index is 11.1. The van der Waals surface area contributed by atoms with Crippen LogP contribution in [-0.4, -0.2) is 43.7 Å². The lowest BCUT2D eigenvalue weighted by Gasteiger charge is -2.15. The monoisotopic (exact) mass is 221 g/mol. The van der Waals surface area contributed by atoms with Crippen LogP contribution in [0.2, 0.25) is 0 Å². The van der Waals surface area contributed by atoms with Crippen LogP contribution >= 0.6 is 0 Å². The van der Waals surface area contributed by atoms with Gasteiger partial charge in [-0.2, -0.15) is 0 Å². The Hall–Kier alpha value is -0.130. The highest BCUT2D eigenvalue weighted by Crippen LogP contribution is 2.12. The fourth-order valence-electron chi connectivity index (χ4n) is 1.58. The number of nitrogens with one attached hydrogen (secondary N) is 1. The first kappa shape index (κ1) is 11.9. The van der Waals surface area contributed by atoms with Crippen LogP contribution in [0.1, 0.15) is 20.3 Å². The van der Waals surface area contributed by atoms with Gasteiger partial charge in [-0.25, -0.2) is 8.42 Å². The van der Waals surface area contributed by atoms with Crippen LogP contribution in [0.4, 0.5) is 0 Å². The summed E-state index contributed by atoms with van der Waals surface area (Å²) in [6, 6.07) is -0.265. The molecule has 5 heteroatoms.